The Morgan fingerprint density at radius 3 is 2.64 bits per heavy atom. The number of carbonyl (C=O) groups is 1. The van der Waals surface area contributed by atoms with E-state index in [2.05, 4.69) is 17.5 Å². The first-order chi connectivity index (χ1) is 12.2. The SMILES string of the molecule is CCCOc1ccc(/C=N\NC(=O)c2ccccc2C)cc1OCC. The highest BCUT2D eigenvalue weighted by Gasteiger charge is 2.07. The third-order valence-electron chi connectivity index (χ3n) is 3.50. The van der Waals surface area contributed by atoms with E-state index >= 15 is 0 Å². The fourth-order valence-electron chi connectivity index (χ4n) is 2.26. The monoisotopic (exact) mass is 340 g/mol. The summed E-state index contributed by atoms with van der Waals surface area (Å²) in [4.78, 5) is 12.1. The van der Waals surface area contributed by atoms with Gasteiger partial charge >= 0.3 is 0 Å². The number of nitrogens with zero attached hydrogens (tertiary/aromatic N) is 1. The van der Waals surface area contributed by atoms with Crippen LogP contribution >= 0.6 is 0 Å². The van der Waals surface area contributed by atoms with Gasteiger partial charge in [-0.15, -0.1) is 0 Å². The van der Waals surface area contributed by atoms with Gasteiger partial charge in [0, 0.05) is 5.56 Å². The molecule has 0 aliphatic heterocycles. The third kappa shape index (κ3) is 5.35. The van der Waals surface area contributed by atoms with Crippen LogP contribution in [0.3, 0.4) is 0 Å². The maximum atomic E-state index is 12.1. The zero-order valence-corrected chi connectivity index (χ0v) is 14.9. The molecule has 132 valence electrons. The van der Waals surface area contributed by atoms with Gasteiger partial charge in [0.15, 0.2) is 11.5 Å². The van der Waals surface area contributed by atoms with Crippen LogP contribution in [0.4, 0.5) is 0 Å². The summed E-state index contributed by atoms with van der Waals surface area (Å²) in [7, 11) is 0. The Morgan fingerprint density at radius 2 is 1.92 bits per heavy atom. The number of aryl methyl sites for hydroxylation is 1. The van der Waals surface area contributed by atoms with Crippen LogP contribution in [0.25, 0.3) is 0 Å². The van der Waals surface area contributed by atoms with Crippen LogP contribution in [-0.2, 0) is 0 Å². The number of amides is 1. The van der Waals surface area contributed by atoms with Crippen LogP contribution in [0.1, 0.15) is 41.8 Å². The van der Waals surface area contributed by atoms with Gasteiger partial charge in [-0.05, 0) is 55.7 Å². The Hall–Kier alpha value is -2.82. The largest absolute Gasteiger partial charge is 0.490 e. The van der Waals surface area contributed by atoms with Gasteiger partial charge in [-0.1, -0.05) is 25.1 Å². The number of ether oxygens (including phenoxy) is 2. The minimum Gasteiger partial charge on any atom is -0.490 e. The van der Waals surface area contributed by atoms with Crippen LogP contribution in [0.2, 0.25) is 0 Å². The Balaban J connectivity index is 2.06. The van der Waals surface area contributed by atoms with Crippen molar-refractivity contribution < 1.29 is 14.3 Å². The molecule has 0 aliphatic rings. The van der Waals surface area contributed by atoms with Gasteiger partial charge < -0.3 is 9.47 Å². The Labute approximate surface area is 148 Å². The van der Waals surface area contributed by atoms with Crippen LogP contribution in [0.15, 0.2) is 47.6 Å². The van der Waals surface area contributed by atoms with Crippen LogP contribution in [-0.4, -0.2) is 25.3 Å². The fourth-order valence-corrected chi connectivity index (χ4v) is 2.26. The lowest BCUT2D eigenvalue weighted by atomic mass is 10.1. The Kier molecular flexibility index (Phi) is 7.01. The molecule has 0 heterocycles. The summed E-state index contributed by atoms with van der Waals surface area (Å²) in [6.45, 7) is 7.06. The number of hydrogen-bond acceptors (Lipinski definition) is 4. The molecule has 0 aliphatic carbocycles. The molecule has 0 unspecified atom stereocenters. The first kappa shape index (κ1) is 18.5. The van der Waals surface area contributed by atoms with Crippen molar-refractivity contribution in [2.75, 3.05) is 13.2 Å². The van der Waals surface area contributed by atoms with E-state index in [1.165, 1.54) is 0 Å². The first-order valence-electron chi connectivity index (χ1n) is 8.44. The molecule has 0 radical (unpaired) electrons. The van der Waals surface area contributed by atoms with E-state index in [1.54, 1.807) is 12.3 Å². The molecule has 0 saturated carbocycles. The topological polar surface area (TPSA) is 59.9 Å². The van der Waals surface area contributed by atoms with E-state index in [1.807, 2.05) is 50.2 Å². The second kappa shape index (κ2) is 9.47. The van der Waals surface area contributed by atoms with E-state index < -0.39 is 0 Å². The molecule has 0 aromatic heterocycles. The van der Waals surface area contributed by atoms with Crippen LogP contribution in [0.5, 0.6) is 11.5 Å². The summed E-state index contributed by atoms with van der Waals surface area (Å²) in [5.41, 5.74) is 4.88. The minimum atomic E-state index is -0.234. The molecule has 5 heteroatoms. The maximum Gasteiger partial charge on any atom is 0.271 e. The number of nitrogens with one attached hydrogen (secondary N) is 1. The number of carbonyl (C=O) groups excluding carboxylic acids is 1. The molecular weight excluding hydrogens is 316 g/mol. The van der Waals surface area contributed by atoms with Gasteiger partial charge in [-0.3, -0.25) is 4.79 Å². The van der Waals surface area contributed by atoms with Gasteiger partial charge in [0.1, 0.15) is 0 Å². The summed E-state index contributed by atoms with van der Waals surface area (Å²) >= 11 is 0. The van der Waals surface area contributed by atoms with Crippen molar-refractivity contribution in [1.82, 2.24) is 5.43 Å². The Morgan fingerprint density at radius 1 is 1.12 bits per heavy atom. The van der Waals surface area contributed by atoms with Gasteiger partial charge in [0.25, 0.3) is 5.91 Å². The molecule has 0 atom stereocenters. The second-order valence-corrected chi connectivity index (χ2v) is 5.50. The Bertz CT molecular complexity index is 741. The standard InChI is InChI=1S/C20H24N2O3/c1-4-12-25-18-11-10-16(13-19(18)24-5-2)14-21-22-20(23)17-9-7-6-8-15(17)3/h6-11,13-14H,4-5,12H2,1-3H3,(H,22,23)/b21-14-. The van der Waals surface area contributed by atoms with Crippen molar-refractivity contribution in [3.8, 4) is 11.5 Å². The lowest BCUT2D eigenvalue weighted by Gasteiger charge is -2.11. The van der Waals surface area contributed by atoms with Crippen LogP contribution in [0, 0.1) is 6.92 Å². The molecule has 1 N–H and O–H groups in total. The number of hydrazone groups is 1. The summed E-state index contributed by atoms with van der Waals surface area (Å²) in [6, 6.07) is 13.0. The average molecular weight is 340 g/mol. The zero-order chi connectivity index (χ0) is 18.1. The first-order valence-corrected chi connectivity index (χ1v) is 8.44. The highest BCUT2D eigenvalue weighted by Crippen LogP contribution is 2.28. The molecular formula is C20H24N2O3. The number of rotatable bonds is 8. The van der Waals surface area contributed by atoms with Crippen molar-refractivity contribution in [2.24, 2.45) is 5.10 Å². The maximum absolute atomic E-state index is 12.1. The zero-order valence-electron chi connectivity index (χ0n) is 14.9. The highest BCUT2D eigenvalue weighted by atomic mass is 16.5. The van der Waals surface area contributed by atoms with Crippen molar-refractivity contribution in [1.29, 1.82) is 0 Å². The molecule has 2 aromatic rings. The average Bonchev–Trinajstić information content (AvgIpc) is 2.61. The van der Waals surface area contributed by atoms with Crippen molar-refractivity contribution in [3.63, 3.8) is 0 Å². The fraction of sp³-hybridized carbons (Fsp3) is 0.300. The molecule has 1 amide bonds. The van der Waals surface area contributed by atoms with Crippen LogP contribution < -0.4 is 14.9 Å². The second-order valence-electron chi connectivity index (χ2n) is 5.50. The molecule has 0 fully saturated rings. The molecule has 2 rings (SSSR count). The number of benzene rings is 2. The van der Waals surface area contributed by atoms with Gasteiger partial charge in [-0.25, -0.2) is 5.43 Å². The molecule has 0 saturated heterocycles. The molecule has 25 heavy (non-hydrogen) atoms. The molecule has 0 spiro atoms. The predicted molar refractivity (Wildman–Crippen MR) is 99.6 cm³/mol. The van der Waals surface area contributed by atoms with E-state index in [9.17, 15) is 4.79 Å². The van der Waals surface area contributed by atoms with Gasteiger partial charge in [0.05, 0.1) is 19.4 Å². The molecule has 5 nitrogen and oxygen atoms in total. The summed E-state index contributed by atoms with van der Waals surface area (Å²) in [6.07, 6.45) is 2.52. The molecule has 0 bridgehead atoms. The van der Waals surface area contributed by atoms with E-state index in [0.29, 0.717) is 30.3 Å². The normalized spacial score (nSPS) is 10.7. The quantitative estimate of drug-likeness (QED) is 0.585. The minimum absolute atomic E-state index is 0.234. The van der Waals surface area contributed by atoms with Crippen molar-refractivity contribution >= 4 is 12.1 Å². The van der Waals surface area contributed by atoms with Gasteiger partial charge in [0.2, 0.25) is 0 Å². The van der Waals surface area contributed by atoms with Crippen molar-refractivity contribution in [3.05, 3.63) is 59.2 Å². The summed E-state index contributed by atoms with van der Waals surface area (Å²) in [5.74, 6) is 1.15. The van der Waals surface area contributed by atoms with Crippen molar-refractivity contribution in [2.45, 2.75) is 27.2 Å². The van der Waals surface area contributed by atoms with Gasteiger partial charge in [-0.2, -0.15) is 5.10 Å². The van der Waals surface area contributed by atoms with E-state index in [4.69, 9.17) is 9.47 Å². The van der Waals surface area contributed by atoms with E-state index in [0.717, 1.165) is 17.5 Å². The number of hydrogen-bond donors (Lipinski definition) is 1. The highest BCUT2D eigenvalue weighted by molar-refractivity contribution is 5.96. The van der Waals surface area contributed by atoms with E-state index in [-0.39, 0.29) is 5.91 Å². The third-order valence-corrected chi connectivity index (χ3v) is 3.50. The lowest BCUT2D eigenvalue weighted by molar-refractivity contribution is 0.0954. The summed E-state index contributed by atoms with van der Waals surface area (Å²) in [5, 5.41) is 4.03. The molecule has 2 aromatic carbocycles. The lowest BCUT2D eigenvalue weighted by Crippen LogP contribution is -2.18. The predicted octanol–water partition coefficient (Wildman–Crippen LogP) is 3.95. The summed E-state index contributed by atoms with van der Waals surface area (Å²) < 4.78 is 11.3. The smallest absolute Gasteiger partial charge is 0.271 e.